The van der Waals surface area contributed by atoms with Crippen LogP contribution in [0.5, 0.6) is 0 Å². The molecule has 2 aromatic rings. The molecule has 4 heteroatoms. The molecule has 0 amide bonds. The topological polar surface area (TPSA) is 49.3 Å². The molecular weight excluding hydrogens is 281 g/mol. The number of hydrogen-bond donors (Lipinski definition) is 2. The summed E-state index contributed by atoms with van der Waals surface area (Å²) in [5.74, 6) is -1.12. The molecule has 1 saturated carbocycles. The average molecular weight is 299 g/mol. The zero-order valence-electron chi connectivity index (χ0n) is 12.2. The second-order valence-corrected chi connectivity index (χ2v) is 5.94. The molecule has 3 nitrogen and oxygen atoms in total. The van der Waals surface area contributed by atoms with Crippen molar-refractivity contribution in [3.63, 3.8) is 0 Å². The molecule has 0 radical (unpaired) electrons. The molecule has 1 aliphatic rings. The molecular formula is C18H18FNO2. The SMILES string of the molecule is O=C(O)c1ccc(CNC2(Cc3ccc(F)cc3)CC2)cc1. The fourth-order valence-corrected chi connectivity index (χ4v) is 2.61. The summed E-state index contributed by atoms with van der Waals surface area (Å²) >= 11 is 0. The van der Waals surface area contributed by atoms with Gasteiger partial charge in [-0.2, -0.15) is 0 Å². The first kappa shape index (κ1) is 14.7. The van der Waals surface area contributed by atoms with Crippen molar-refractivity contribution in [2.24, 2.45) is 0 Å². The third-order valence-electron chi connectivity index (χ3n) is 4.18. The quantitative estimate of drug-likeness (QED) is 0.859. The predicted octanol–water partition coefficient (Wildman–Crippen LogP) is 3.39. The van der Waals surface area contributed by atoms with Gasteiger partial charge in [0.1, 0.15) is 5.82 Å². The van der Waals surface area contributed by atoms with Gasteiger partial charge in [-0.15, -0.1) is 0 Å². The molecule has 0 spiro atoms. The van der Waals surface area contributed by atoms with Crippen LogP contribution in [-0.2, 0) is 13.0 Å². The summed E-state index contributed by atoms with van der Waals surface area (Å²) in [6.45, 7) is 0.709. The van der Waals surface area contributed by atoms with Crippen LogP contribution in [0.3, 0.4) is 0 Å². The van der Waals surface area contributed by atoms with Crippen LogP contribution in [0.4, 0.5) is 4.39 Å². The monoisotopic (exact) mass is 299 g/mol. The number of benzene rings is 2. The van der Waals surface area contributed by atoms with E-state index < -0.39 is 5.97 Å². The molecule has 0 unspecified atom stereocenters. The van der Waals surface area contributed by atoms with Gasteiger partial charge in [-0.25, -0.2) is 9.18 Å². The standard InChI is InChI=1S/C18H18FNO2/c19-16-7-3-13(4-8-16)11-18(9-10-18)20-12-14-1-5-15(6-2-14)17(21)22/h1-8,20H,9-12H2,(H,21,22). The fraction of sp³-hybridized carbons (Fsp3) is 0.278. The van der Waals surface area contributed by atoms with Gasteiger partial charge in [0, 0.05) is 12.1 Å². The molecule has 0 bridgehead atoms. The third kappa shape index (κ3) is 3.52. The van der Waals surface area contributed by atoms with Crippen LogP contribution >= 0.6 is 0 Å². The third-order valence-corrected chi connectivity index (χ3v) is 4.18. The number of carboxylic acids is 1. The van der Waals surface area contributed by atoms with Crippen LogP contribution in [-0.4, -0.2) is 16.6 Å². The number of aromatic carboxylic acids is 1. The highest BCUT2D eigenvalue weighted by atomic mass is 19.1. The Morgan fingerprint density at radius 1 is 1.05 bits per heavy atom. The molecule has 0 heterocycles. The Balaban J connectivity index is 1.58. The highest BCUT2D eigenvalue weighted by Gasteiger charge is 2.41. The molecule has 0 saturated heterocycles. The van der Waals surface area contributed by atoms with Gasteiger partial charge in [0.05, 0.1) is 5.56 Å². The smallest absolute Gasteiger partial charge is 0.335 e. The molecule has 1 fully saturated rings. The summed E-state index contributed by atoms with van der Waals surface area (Å²) in [6.07, 6.45) is 3.11. The van der Waals surface area contributed by atoms with Crippen LogP contribution in [0.25, 0.3) is 0 Å². The van der Waals surface area contributed by atoms with E-state index in [4.69, 9.17) is 5.11 Å². The number of carboxylic acid groups (broad SMARTS) is 1. The highest BCUT2D eigenvalue weighted by Crippen LogP contribution is 2.38. The first-order valence-corrected chi connectivity index (χ1v) is 7.38. The molecule has 0 atom stereocenters. The van der Waals surface area contributed by atoms with Gasteiger partial charge in [-0.3, -0.25) is 0 Å². The van der Waals surface area contributed by atoms with Crippen molar-refractivity contribution in [1.29, 1.82) is 0 Å². The van der Waals surface area contributed by atoms with E-state index in [0.29, 0.717) is 12.1 Å². The minimum atomic E-state index is -0.908. The van der Waals surface area contributed by atoms with Crippen LogP contribution in [0, 0.1) is 5.82 Å². The largest absolute Gasteiger partial charge is 0.478 e. The Bertz CT molecular complexity index is 660. The molecule has 1 aliphatic carbocycles. The molecule has 0 aliphatic heterocycles. The molecule has 22 heavy (non-hydrogen) atoms. The summed E-state index contributed by atoms with van der Waals surface area (Å²) in [5, 5.41) is 12.4. The van der Waals surface area contributed by atoms with Gasteiger partial charge >= 0.3 is 5.97 Å². The van der Waals surface area contributed by atoms with Gasteiger partial charge in [-0.05, 0) is 54.7 Å². The number of hydrogen-bond acceptors (Lipinski definition) is 2. The zero-order valence-corrected chi connectivity index (χ0v) is 12.2. The second-order valence-electron chi connectivity index (χ2n) is 5.94. The van der Waals surface area contributed by atoms with Crippen molar-refractivity contribution in [1.82, 2.24) is 5.32 Å². The number of carbonyl (C=O) groups is 1. The van der Waals surface area contributed by atoms with Crippen LogP contribution < -0.4 is 5.32 Å². The van der Waals surface area contributed by atoms with E-state index in [9.17, 15) is 9.18 Å². The van der Waals surface area contributed by atoms with Crippen molar-refractivity contribution in [2.75, 3.05) is 0 Å². The first-order valence-electron chi connectivity index (χ1n) is 7.38. The van der Waals surface area contributed by atoms with E-state index in [1.54, 1.807) is 12.1 Å². The van der Waals surface area contributed by atoms with Gasteiger partial charge in [-0.1, -0.05) is 24.3 Å². The minimum Gasteiger partial charge on any atom is -0.478 e. The van der Waals surface area contributed by atoms with Gasteiger partial charge in [0.25, 0.3) is 0 Å². The van der Waals surface area contributed by atoms with E-state index in [0.717, 1.165) is 30.4 Å². The van der Waals surface area contributed by atoms with Crippen LogP contribution in [0.15, 0.2) is 48.5 Å². The molecule has 0 aromatic heterocycles. The van der Waals surface area contributed by atoms with E-state index in [1.165, 1.54) is 12.1 Å². The van der Waals surface area contributed by atoms with E-state index >= 15 is 0 Å². The number of rotatable bonds is 6. The number of nitrogens with one attached hydrogen (secondary N) is 1. The van der Waals surface area contributed by atoms with Crippen LogP contribution in [0.1, 0.15) is 34.3 Å². The predicted molar refractivity (Wildman–Crippen MR) is 82.3 cm³/mol. The Kier molecular flexibility index (Phi) is 3.94. The summed E-state index contributed by atoms with van der Waals surface area (Å²) < 4.78 is 12.9. The van der Waals surface area contributed by atoms with Crippen molar-refractivity contribution < 1.29 is 14.3 Å². The van der Waals surface area contributed by atoms with E-state index in [2.05, 4.69) is 5.32 Å². The van der Waals surface area contributed by atoms with Crippen LogP contribution in [0.2, 0.25) is 0 Å². The molecule has 3 rings (SSSR count). The second kappa shape index (κ2) is 5.89. The maximum absolute atomic E-state index is 12.9. The average Bonchev–Trinajstić information content (AvgIpc) is 3.28. The summed E-state index contributed by atoms with van der Waals surface area (Å²) in [5.41, 5.74) is 2.60. The Hall–Kier alpha value is -2.20. The Labute approximate surface area is 128 Å². The summed E-state index contributed by atoms with van der Waals surface area (Å²) in [6, 6.07) is 13.6. The van der Waals surface area contributed by atoms with E-state index in [-0.39, 0.29) is 11.4 Å². The summed E-state index contributed by atoms with van der Waals surface area (Å²) in [7, 11) is 0. The van der Waals surface area contributed by atoms with Crippen molar-refractivity contribution >= 4 is 5.97 Å². The molecule has 114 valence electrons. The van der Waals surface area contributed by atoms with Crippen molar-refractivity contribution in [3.05, 3.63) is 71.0 Å². The summed E-state index contributed by atoms with van der Waals surface area (Å²) in [4.78, 5) is 10.8. The molecule has 2 aromatic carbocycles. The van der Waals surface area contributed by atoms with Crippen molar-refractivity contribution in [2.45, 2.75) is 31.3 Å². The Morgan fingerprint density at radius 2 is 1.64 bits per heavy atom. The minimum absolute atomic E-state index is 0.100. The zero-order chi connectivity index (χ0) is 15.6. The van der Waals surface area contributed by atoms with Gasteiger partial charge < -0.3 is 10.4 Å². The van der Waals surface area contributed by atoms with Gasteiger partial charge in [0.2, 0.25) is 0 Å². The fourth-order valence-electron chi connectivity index (χ4n) is 2.61. The lowest BCUT2D eigenvalue weighted by atomic mass is 10.0. The Morgan fingerprint density at radius 3 is 2.18 bits per heavy atom. The normalized spacial score (nSPS) is 15.5. The maximum Gasteiger partial charge on any atom is 0.335 e. The van der Waals surface area contributed by atoms with Gasteiger partial charge in [0.15, 0.2) is 0 Å². The van der Waals surface area contributed by atoms with E-state index in [1.807, 2.05) is 24.3 Å². The molecule has 2 N–H and O–H groups in total. The maximum atomic E-state index is 12.9. The number of halogens is 1. The van der Waals surface area contributed by atoms with Crippen molar-refractivity contribution in [3.8, 4) is 0 Å². The lowest BCUT2D eigenvalue weighted by Crippen LogP contribution is -2.32. The highest BCUT2D eigenvalue weighted by molar-refractivity contribution is 5.87. The lowest BCUT2D eigenvalue weighted by Gasteiger charge is -2.17. The first-order chi connectivity index (χ1) is 10.6. The lowest BCUT2D eigenvalue weighted by molar-refractivity contribution is 0.0697.